The summed E-state index contributed by atoms with van der Waals surface area (Å²) in [6.45, 7) is 2.44. The molecule has 0 fully saturated rings. The standard InChI is InChI=1S/C22H19N3OS/c1-15-24-21(14-27-15)19-11-4-5-12-20(19)25-22(26)23-13-17-9-6-8-16-7-2-3-10-18(16)17/h2-12,14H,13H2,1H3,(H2,23,25,26). The van der Waals surface area contributed by atoms with E-state index in [4.69, 9.17) is 0 Å². The van der Waals surface area contributed by atoms with Gasteiger partial charge in [0.05, 0.1) is 16.4 Å². The van der Waals surface area contributed by atoms with Crippen LogP contribution in [-0.2, 0) is 6.54 Å². The van der Waals surface area contributed by atoms with E-state index in [1.54, 1.807) is 11.3 Å². The zero-order valence-corrected chi connectivity index (χ0v) is 15.7. The number of hydrogen-bond donors (Lipinski definition) is 2. The average molecular weight is 373 g/mol. The zero-order valence-electron chi connectivity index (χ0n) is 14.9. The van der Waals surface area contributed by atoms with Gasteiger partial charge in [-0.05, 0) is 29.3 Å². The van der Waals surface area contributed by atoms with Gasteiger partial charge < -0.3 is 10.6 Å². The van der Waals surface area contributed by atoms with Crippen LogP contribution in [0.2, 0.25) is 0 Å². The highest BCUT2D eigenvalue weighted by atomic mass is 32.1. The number of rotatable bonds is 4. The summed E-state index contributed by atoms with van der Waals surface area (Å²) in [4.78, 5) is 17.0. The Labute approximate surface area is 161 Å². The molecule has 27 heavy (non-hydrogen) atoms. The summed E-state index contributed by atoms with van der Waals surface area (Å²) in [7, 11) is 0. The second-order valence-electron chi connectivity index (χ2n) is 6.24. The molecule has 4 nitrogen and oxygen atoms in total. The molecule has 0 saturated heterocycles. The minimum atomic E-state index is -0.234. The maximum atomic E-state index is 12.5. The van der Waals surface area contributed by atoms with Crippen molar-refractivity contribution in [3.8, 4) is 11.3 Å². The van der Waals surface area contributed by atoms with Crippen LogP contribution in [0.4, 0.5) is 10.5 Å². The molecule has 1 heterocycles. The third-order valence-electron chi connectivity index (χ3n) is 4.39. The molecule has 4 aromatic rings. The molecule has 5 heteroatoms. The zero-order chi connectivity index (χ0) is 18.6. The molecule has 0 atom stereocenters. The molecule has 0 aliphatic carbocycles. The second-order valence-corrected chi connectivity index (χ2v) is 7.31. The molecular formula is C22H19N3OS. The van der Waals surface area contributed by atoms with Gasteiger partial charge in [-0.15, -0.1) is 11.3 Å². The Balaban J connectivity index is 1.49. The van der Waals surface area contributed by atoms with E-state index in [0.29, 0.717) is 6.54 Å². The Morgan fingerprint density at radius 1 is 1.00 bits per heavy atom. The van der Waals surface area contributed by atoms with Crippen molar-refractivity contribution in [2.45, 2.75) is 13.5 Å². The van der Waals surface area contributed by atoms with Gasteiger partial charge in [0.1, 0.15) is 0 Å². The fourth-order valence-corrected chi connectivity index (χ4v) is 3.70. The van der Waals surface area contributed by atoms with Crippen molar-refractivity contribution in [3.63, 3.8) is 0 Å². The molecule has 1 aromatic heterocycles. The van der Waals surface area contributed by atoms with Crippen molar-refractivity contribution in [3.05, 3.63) is 82.7 Å². The summed E-state index contributed by atoms with van der Waals surface area (Å²) >= 11 is 1.60. The van der Waals surface area contributed by atoms with E-state index < -0.39 is 0 Å². The third-order valence-corrected chi connectivity index (χ3v) is 5.16. The number of carbonyl (C=O) groups excluding carboxylic acids is 1. The van der Waals surface area contributed by atoms with Crippen LogP contribution in [0.15, 0.2) is 72.1 Å². The molecular weight excluding hydrogens is 354 g/mol. The first kappa shape index (κ1) is 17.2. The summed E-state index contributed by atoms with van der Waals surface area (Å²) < 4.78 is 0. The third kappa shape index (κ3) is 3.83. The first-order valence-corrected chi connectivity index (χ1v) is 9.62. The second kappa shape index (κ2) is 7.60. The summed E-state index contributed by atoms with van der Waals surface area (Å²) in [6, 6.07) is 21.8. The van der Waals surface area contributed by atoms with Crippen molar-refractivity contribution in [1.29, 1.82) is 0 Å². The number of urea groups is 1. The van der Waals surface area contributed by atoms with Gasteiger partial charge in [-0.25, -0.2) is 9.78 Å². The molecule has 0 saturated carbocycles. The molecule has 0 unspecified atom stereocenters. The molecule has 3 aromatic carbocycles. The molecule has 0 radical (unpaired) electrons. The summed E-state index contributed by atoms with van der Waals surface area (Å²) in [6.07, 6.45) is 0. The fraction of sp³-hybridized carbons (Fsp3) is 0.0909. The van der Waals surface area contributed by atoms with Gasteiger partial charge in [-0.1, -0.05) is 60.7 Å². The number of carbonyl (C=O) groups is 1. The quantitative estimate of drug-likeness (QED) is 0.490. The Morgan fingerprint density at radius 3 is 2.63 bits per heavy atom. The van der Waals surface area contributed by atoms with Gasteiger partial charge in [-0.3, -0.25) is 0 Å². The molecule has 2 amide bonds. The highest BCUT2D eigenvalue weighted by Crippen LogP contribution is 2.28. The van der Waals surface area contributed by atoms with E-state index in [1.165, 1.54) is 5.39 Å². The Kier molecular flexibility index (Phi) is 4.85. The van der Waals surface area contributed by atoms with Crippen LogP contribution in [0.25, 0.3) is 22.0 Å². The number of para-hydroxylation sites is 1. The lowest BCUT2D eigenvalue weighted by molar-refractivity contribution is 0.252. The number of nitrogens with one attached hydrogen (secondary N) is 2. The maximum absolute atomic E-state index is 12.5. The number of aromatic nitrogens is 1. The van der Waals surface area contributed by atoms with Crippen molar-refractivity contribution in [2.75, 3.05) is 5.32 Å². The van der Waals surface area contributed by atoms with Crippen molar-refractivity contribution >= 4 is 33.8 Å². The number of benzene rings is 3. The van der Waals surface area contributed by atoms with Crippen LogP contribution in [0.1, 0.15) is 10.6 Å². The van der Waals surface area contributed by atoms with Gasteiger partial charge in [0, 0.05) is 17.5 Å². The Morgan fingerprint density at radius 2 is 1.78 bits per heavy atom. The van der Waals surface area contributed by atoms with E-state index in [1.807, 2.05) is 60.8 Å². The van der Waals surface area contributed by atoms with Gasteiger partial charge in [-0.2, -0.15) is 0 Å². The Bertz CT molecular complexity index is 1100. The normalized spacial score (nSPS) is 10.7. The van der Waals surface area contributed by atoms with Gasteiger partial charge in [0.25, 0.3) is 0 Å². The first-order valence-electron chi connectivity index (χ1n) is 8.74. The maximum Gasteiger partial charge on any atom is 0.319 e. The number of nitrogens with zero attached hydrogens (tertiary/aromatic N) is 1. The van der Waals surface area contributed by atoms with E-state index >= 15 is 0 Å². The lowest BCUT2D eigenvalue weighted by Crippen LogP contribution is -2.28. The fourth-order valence-electron chi connectivity index (χ4n) is 3.09. The van der Waals surface area contributed by atoms with E-state index in [2.05, 4.69) is 33.8 Å². The van der Waals surface area contributed by atoms with E-state index in [9.17, 15) is 4.79 Å². The topological polar surface area (TPSA) is 54.0 Å². The van der Waals surface area contributed by atoms with Crippen molar-refractivity contribution in [2.24, 2.45) is 0 Å². The summed E-state index contributed by atoms with van der Waals surface area (Å²) in [5.41, 5.74) is 3.63. The molecule has 0 aliphatic heterocycles. The summed E-state index contributed by atoms with van der Waals surface area (Å²) in [5.74, 6) is 0. The largest absolute Gasteiger partial charge is 0.334 e. The SMILES string of the molecule is Cc1nc(-c2ccccc2NC(=O)NCc2cccc3ccccc23)cs1. The number of hydrogen-bond acceptors (Lipinski definition) is 3. The van der Waals surface area contributed by atoms with Crippen LogP contribution >= 0.6 is 11.3 Å². The van der Waals surface area contributed by atoms with Gasteiger partial charge in [0.2, 0.25) is 0 Å². The number of aryl methyl sites for hydroxylation is 1. The molecule has 134 valence electrons. The number of fused-ring (bicyclic) bond motifs is 1. The molecule has 4 rings (SSSR count). The lowest BCUT2D eigenvalue weighted by Gasteiger charge is -2.12. The van der Waals surface area contributed by atoms with E-state index in [-0.39, 0.29) is 6.03 Å². The molecule has 0 aliphatic rings. The van der Waals surface area contributed by atoms with Gasteiger partial charge in [0.15, 0.2) is 0 Å². The smallest absolute Gasteiger partial charge is 0.319 e. The van der Waals surface area contributed by atoms with Crippen LogP contribution in [0.3, 0.4) is 0 Å². The Hall–Kier alpha value is -3.18. The molecule has 0 spiro atoms. The minimum Gasteiger partial charge on any atom is -0.334 e. The van der Waals surface area contributed by atoms with Crippen molar-refractivity contribution in [1.82, 2.24) is 10.3 Å². The summed E-state index contributed by atoms with van der Waals surface area (Å²) in [5, 5.41) is 11.2. The molecule has 0 bridgehead atoms. The minimum absolute atomic E-state index is 0.234. The van der Waals surface area contributed by atoms with E-state index in [0.717, 1.165) is 32.9 Å². The number of thiazole rings is 1. The van der Waals surface area contributed by atoms with Crippen molar-refractivity contribution < 1.29 is 4.79 Å². The first-order chi connectivity index (χ1) is 13.2. The lowest BCUT2D eigenvalue weighted by atomic mass is 10.0. The van der Waals surface area contributed by atoms with Crippen LogP contribution in [-0.4, -0.2) is 11.0 Å². The predicted octanol–water partition coefficient (Wildman–Crippen LogP) is 5.59. The molecule has 2 N–H and O–H groups in total. The number of anilines is 1. The van der Waals surface area contributed by atoms with Crippen LogP contribution < -0.4 is 10.6 Å². The monoisotopic (exact) mass is 373 g/mol. The number of amides is 2. The highest BCUT2D eigenvalue weighted by molar-refractivity contribution is 7.09. The van der Waals surface area contributed by atoms with Crippen LogP contribution in [0.5, 0.6) is 0 Å². The van der Waals surface area contributed by atoms with Crippen LogP contribution in [0, 0.1) is 6.92 Å². The van der Waals surface area contributed by atoms with Gasteiger partial charge >= 0.3 is 6.03 Å². The average Bonchev–Trinajstić information content (AvgIpc) is 3.13. The predicted molar refractivity (Wildman–Crippen MR) is 112 cm³/mol. The highest BCUT2D eigenvalue weighted by Gasteiger charge is 2.10.